The monoisotopic (exact) mass is 446 g/mol. The van der Waals surface area contributed by atoms with Gasteiger partial charge >= 0.3 is 0 Å². The van der Waals surface area contributed by atoms with Crippen LogP contribution in [0, 0.1) is 5.82 Å². The summed E-state index contributed by atoms with van der Waals surface area (Å²) < 4.78 is 57.6. The average Bonchev–Trinajstić information content (AvgIpc) is 3.29. The van der Waals surface area contributed by atoms with E-state index in [4.69, 9.17) is 13.9 Å². The molecule has 2 heterocycles. The summed E-state index contributed by atoms with van der Waals surface area (Å²) in [4.78, 5) is 12.4. The number of hydrogen-bond acceptors (Lipinski definition) is 6. The highest BCUT2D eigenvalue weighted by Gasteiger charge is 2.29. The fraction of sp³-hybridized carbons (Fsp3) is 0.190. The number of benzene rings is 2. The number of carbonyl (C=O) groups excluding carboxylic acids is 1. The van der Waals surface area contributed by atoms with E-state index in [0.29, 0.717) is 24.7 Å². The van der Waals surface area contributed by atoms with Gasteiger partial charge in [0.15, 0.2) is 11.5 Å². The second-order valence-corrected chi connectivity index (χ2v) is 8.52. The molecule has 1 aliphatic rings. The molecule has 10 heteroatoms. The molecule has 3 aromatic rings. The standard InChI is InChI=1S/C21H19FN2O6S/c22-15-3-1-4-16(11-15)24(14-21(25)23-13-17-5-2-8-28-17)31(26,27)18-6-7-19-20(12-18)30-10-9-29-19/h1-8,11-12H,9-10,13-14H2,(H,23,25). The quantitative estimate of drug-likeness (QED) is 0.599. The van der Waals surface area contributed by atoms with Gasteiger partial charge in [0.2, 0.25) is 5.91 Å². The lowest BCUT2D eigenvalue weighted by atomic mass is 10.3. The van der Waals surface area contributed by atoms with Gasteiger partial charge in [0.25, 0.3) is 10.0 Å². The molecule has 4 rings (SSSR count). The van der Waals surface area contributed by atoms with Crippen molar-refractivity contribution in [3.8, 4) is 11.5 Å². The molecule has 1 aromatic heterocycles. The van der Waals surface area contributed by atoms with Crippen LogP contribution in [0.25, 0.3) is 0 Å². The van der Waals surface area contributed by atoms with Gasteiger partial charge in [0, 0.05) is 6.07 Å². The predicted molar refractivity (Wildman–Crippen MR) is 109 cm³/mol. The summed E-state index contributed by atoms with van der Waals surface area (Å²) in [6, 6.07) is 12.6. The molecule has 0 unspecified atom stereocenters. The number of rotatable bonds is 7. The summed E-state index contributed by atoms with van der Waals surface area (Å²) >= 11 is 0. The zero-order valence-electron chi connectivity index (χ0n) is 16.3. The Morgan fingerprint density at radius 3 is 2.58 bits per heavy atom. The minimum atomic E-state index is -4.22. The molecule has 0 aliphatic carbocycles. The molecular weight excluding hydrogens is 427 g/mol. The number of nitrogens with one attached hydrogen (secondary N) is 1. The molecule has 2 aromatic carbocycles. The van der Waals surface area contributed by atoms with Gasteiger partial charge in [-0.25, -0.2) is 12.8 Å². The van der Waals surface area contributed by atoms with E-state index < -0.39 is 28.3 Å². The van der Waals surface area contributed by atoms with Gasteiger partial charge in [-0.1, -0.05) is 6.07 Å². The number of furan rings is 1. The molecule has 0 bridgehead atoms. The van der Waals surface area contributed by atoms with Crippen LogP contribution in [0.1, 0.15) is 5.76 Å². The Kier molecular flexibility index (Phi) is 5.81. The van der Waals surface area contributed by atoms with Gasteiger partial charge in [0.1, 0.15) is 31.3 Å². The first-order valence-corrected chi connectivity index (χ1v) is 10.8. The van der Waals surface area contributed by atoms with Crippen molar-refractivity contribution in [3.05, 3.63) is 72.4 Å². The van der Waals surface area contributed by atoms with E-state index in [0.717, 1.165) is 10.4 Å². The van der Waals surface area contributed by atoms with Crippen LogP contribution in [0.2, 0.25) is 0 Å². The largest absolute Gasteiger partial charge is 0.486 e. The normalized spacial score (nSPS) is 12.9. The third-order valence-corrected chi connectivity index (χ3v) is 6.29. The number of fused-ring (bicyclic) bond motifs is 1. The average molecular weight is 446 g/mol. The molecule has 8 nitrogen and oxygen atoms in total. The van der Waals surface area contributed by atoms with Crippen molar-refractivity contribution in [2.24, 2.45) is 0 Å². The van der Waals surface area contributed by atoms with Crippen LogP contribution in [-0.2, 0) is 21.4 Å². The number of hydrogen-bond donors (Lipinski definition) is 1. The second-order valence-electron chi connectivity index (χ2n) is 6.65. The zero-order valence-corrected chi connectivity index (χ0v) is 17.1. The fourth-order valence-electron chi connectivity index (χ4n) is 3.04. The van der Waals surface area contributed by atoms with E-state index in [2.05, 4.69) is 5.32 Å². The molecule has 1 amide bonds. The molecule has 1 N–H and O–H groups in total. The summed E-state index contributed by atoms with van der Waals surface area (Å²) in [5.74, 6) is 0.0190. The highest BCUT2D eigenvalue weighted by Crippen LogP contribution is 2.34. The lowest BCUT2D eigenvalue weighted by Crippen LogP contribution is -2.40. The van der Waals surface area contributed by atoms with Crippen LogP contribution in [-0.4, -0.2) is 34.1 Å². The number of anilines is 1. The molecule has 0 atom stereocenters. The van der Waals surface area contributed by atoms with Crippen LogP contribution in [0.5, 0.6) is 11.5 Å². The number of carbonyl (C=O) groups is 1. The Bertz CT molecular complexity index is 1180. The lowest BCUT2D eigenvalue weighted by molar-refractivity contribution is -0.119. The smallest absolute Gasteiger partial charge is 0.264 e. The predicted octanol–water partition coefficient (Wildman–Crippen LogP) is 2.70. The first-order chi connectivity index (χ1) is 14.9. The minimum absolute atomic E-state index is 0.0167. The molecule has 162 valence electrons. The molecule has 0 fully saturated rings. The van der Waals surface area contributed by atoms with Crippen molar-refractivity contribution in [1.29, 1.82) is 0 Å². The summed E-state index contributed by atoms with van der Waals surface area (Å²) in [7, 11) is -4.22. The summed E-state index contributed by atoms with van der Waals surface area (Å²) in [5.41, 5.74) is 0.0167. The Morgan fingerprint density at radius 1 is 1.03 bits per heavy atom. The first kappa shape index (κ1) is 20.7. The van der Waals surface area contributed by atoms with Gasteiger partial charge < -0.3 is 19.2 Å². The molecular formula is C21H19FN2O6S. The summed E-state index contributed by atoms with van der Waals surface area (Å²) in [5, 5.41) is 2.60. The third-order valence-electron chi connectivity index (χ3n) is 4.52. The van der Waals surface area contributed by atoms with Gasteiger partial charge in [0.05, 0.1) is 23.4 Å². The molecule has 0 saturated heterocycles. The zero-order chi connectivity index (χ0) is 21.8. The number of ether oxygens (including phenoxy) is 2. The minimum Gasteiger partial charge on any atom is -0.486 e. The van der Waals surface area contributed by atoms with Crippen LogP contribution < -0.4 is 19.1 Å². The van der Waals surface area contributed by atoms with Gasteiger partial charge in [-0.05, 0) is 42.5 Å². The van der Waals surface area contributed by atoms with Crippen molar-refractivity contribution in [3.63, 3.8) is 0 Å². The maximum Gasteiger partial charge on any atom is 0.264 e. The van der Waals surface area contributed by atoms with Crippen molar-refractivity contribution in [2.75, 3.05) is 24.1 Å². The number of sulfonamides is 1. The fourth-order valence-corrected chi connectivity index (χ4v) is 4.47. The van der Waals surface area contributed by atoms with Crippen molar-refractivity contribution in [1.82, 2.24) is 5.32 Å². The summed E-state index contributed by atoms with van der Waals surface area (Å²) in [6.45, 7) is 0.192. The maximum atomic E-state index is 13.8. The lowest BCUT2D eigenvalue weighted by Gasteiger charge is -2.25. The molecule has 31 heavy (non-hydrogen) atoms. The van der Waals surface area contributed by atoms with Crippen LogP contribution in [0.3, 0.4) is 0 Å². The Balaban J connectivity index is 1.63. The van der Waals surface area contributed by atoms with E-state index in [9.17, 15) is 17.6 Å². The van der Waals surface area contributed by atoms with E-state index >= 15 is 0 Å². The van der Waals surface area contributed by atoms with Crippen molar-refractivity contribution in [2.45, 2.75) is 11.4 Å². The SMILES string of the molecule is O=C(CN(c1cccc(F)c1)S(=O)(=O)c1ccc2c(c1)OCCO2)NCc1ccco1. The number of nitrogens with zero attached hydrogens (tertiary/aromatic N) is 1. The molecule has 0 spiro atoms. The first-order valence-electron chi connectivity index (χ1n) is 9.40. The van der Waals surface area contributed by atoms with Gasteiger partial charge in [-0.15, -0.1) is 0 Å². The molecule has 0 radical (unpaired) electrons. The Labute approximate surface area is 178 Å². The van der Waals surface area contributed by atoms with Crippen LogP contribution in [0.15, 0.2) is 70.2 Å². The Hall–Kier alpha value is -3.53. The van der Waals surface area contributed by atoms with E-state index in [-0.39, 0.29) is 22.9 Å². The van der Waals surface area contributed by atoms with E-state index in [1.807, 2.05) is 0 Å². The van der Waals surface area contributed by atoms with E-state index in [1.54, 1.807) is 12.1 Å². The maximum absolute atomic E-state index is 13.8. The number of halogens is 1. The third kappa shape index (κ3) is 4.64. The Morgan fingerprint density at radius 2 is 1.84 bits per heavy atom. The van der Waals surface area contributed by atoms with Gasteiger partial charge in [-0.2, -0.15) is 0 Å². The highest BCUT2D eigenvalue weighted by molar-refractivity contribution is 7.92. The topological polar surface area (TPSA) is 98.1 Å². The molecule has 0 saturated carbocycles. The highest BCUT2D eigenvalue weighted by atomic mass is 32.2. The summed E-state index contributed by atoms with van der Waals surface area (Å²) in [6.07, 6.45) is 1.47. The van der Waals surface area contributed by atoms with Crippen LogP contribution in [0.4, 0.5) is 10.1 Å². The van der Waals surface area contributed by atoms with Crippen molar-refractivity contribution >= 4 is 21.6 Å². The number of amides is 1. The van der Waals surface area contributed by atoms with Gasteiger partial charge in [-0.3, -0.25) is 9.10 Å². The van der Waals surface area contributed by atoms with Crippen molar-refractivity contribution < 1.29 is 31.5 Å². The second kappa shape index (κ2) is 8.68. The molecule has 1 aliphatic heterocycles. The van der Waals surface area contributed by atoms with Crippen LogP contribution >= 0.6 is 0 Å². The van der Waals surface area contributed by atoms with E-state index in [1.165, 1.54) is 42.7 Å².